The molecule has 1 heterocycles. The van der Waals surface area contributed by atoms with Crippen LogP contribution in [0.4, 0.5) is 0 Å². The maximum atomic E-state index is 12.1. The summed E-state index contributed by atoms with van der Waals surface area (Å²) in [5.41, 5.74) is 0.995. The Labute approximate surface area is 98.2 Å². The lowest BCUT2D eigenvalue weighted by molar-refractivity contribution is 0.592. The minimum Gasteiger partial charge on any atom is -0.266 e. The van der Waals surface area contributed by atoms with Crippen molar-refractivity contribution in [3.8, 4) is 0 Å². The summed E-state index contributed by atoms with van der Waals surface area (Å²) in [6.45, 7) is 1.89. The summed E-state index contributed by atoms with van der Waals surface area (Å²) in [5.74, 6) is 0. The molecule has 0 bridgehead atoms. The van der Waals surface area contributed by atoms with Gasteiger partial charge in [-0.05, 0) is 19.1 Å². The van der Waals surface area contributed by atoms with Crippen LogP contribution in [0.15, 0.2) is 40.4 Å². The fourth-order valence-electron chi connectivity index (χ4n) is 1.28. The maximum Gasteiger partial charge on any atom is 0.224 e. The molecule has 1 aromatic carbocycles. The van der Waals surface area contributed by atoms with Gasteiger partial charge in [0.1, 0.15) is 0 Å². The number of aromatic nitrogens is 2. The molecule has 2 rings (SSSR count). The van der Waals surface area contributed by atoms with E-state index in [0.717, 1.165) is 5.56 Å². The van der Waals surface area contributed by atoms with Crippen molar-refractivity contribution < 1.29 is 8.42 Å². The van der Waals surface area contributed by atoms with E-state index in [2.05, 4.69) is 10.2 Å². The van der Waals surface area contributed by atoms with Crippen LogP contribution in [0, 0.1) is 6.92 Å². The van der Waals surface area contributed by atoms with Crippen molar-refractivity contribution in [2.75, 3.05) is 0 Å². The van der Waals surface area contributed by atoms with Crippen LogP contribution in [0.25, 0.3) is 0 Å². The molecule has 0 saturated carbocycles. The van der Waals surface area contributed by atoms with Crippen LogP contribution in [0.2, 0.25) is 5.02 Å². The van der Waals surface area contributed by atoms with Crippen LogP contribution in [-0.2, 0) is 9.84 Å². The van der Waals surface area contributed by atoms with Crippen molar-refractivity contribution in [2.24, 2.45) is 0 Å². The van der Waals surface area contributed by atoms with Crippen molar-refractivity contribution in [2.45, 2.75) is 16.8 Å². The zero-order valence-electron chi connectivity index (χ0n) is 8.44. The average Bonchev–Trinajstić information content (AvgIpc) is 2.66. The first-order valence-electron chi connectivity index (χ1n) is 4.52. The van der Waals surface area contributed by atoms with Crippen molar-refractivity contribution >= 4 is 21.4 Å². The highest BCUT2D eigenvalue weighted by Crippen LogP contribution is 2.24. The molecule has 0 aliphatic rings. The van der Waals surface area contributed by atoms with E-state index in [-0.39, 0.29) is 14.9 Å². The van der Waals surface area contributed by atoms with Gasteiger partial charge in [0.25, 0.3) is 0 Å². The second-order valence-electron chi connectivity index (χ2n) is 3.36. The molecule has 1 aromatic heterocycles. The van der Waals surface area contributed by atoms with Crippen LogP contribution in [0.3, 0.4) is 0 Å². The highest BCUT2D eigenvalue weighted by atomic mass is 35.5. The van der Waals surface area contributed by atoms with Gasteiger partial charge in [-0.1, -0.05) is 29.3 Å². The highest BCUT2D eigenvalue weighted by Gasteiger charge is 2.22. The first-order valence-corrected chi connectivity index (χ1v) is 6.38. The van der Waals surface area contributed by atoms with E-state index in [9.17, 15) is 8.42 Å². The molecule has 6 heteroatoms. The summed E-state index contributed by atoms with van der Waals surface area (Å²) in [6, 6.07) is 6.55. The molecule has 2 aromatic rings. The number of rotatable bonds is 2. The predicted octanol–water partition coefficient (Wildman–Crippen LogP) is 2.20. The minimum absolute atomic E-state index is 0.0713. The number of halogens is 1. The molecule has 0 saturated heterocycles. The largest absolute Gasteiger partial charge is 0.266 e. The standard InChI is InChI=1S/C10H9ClN2O2S/c1-7-2-4-8(5-3-7)16(14,15)10-9(11)6-12-13-10/h2-6H,1H3,(H,12,13). The second kappa shape index (κ2) is 3.92. The van der Waals surface area contributed by atoms with E-state index in [1.165, 1.54) is 6.20 Å². The highest BCUT2D eigenvalue weighted by molar-refractivity contribution is 7.91. The summed E-state index contributed by atoms with van der Waals surface area (Å²) >= 11 is 5.73. The number of hydrogen-bond acceptors (Lipinski definition) is 3. The van der Waals surface area contributed by atoms with E-state index in [0.29, 0.717) is 0 Å². The van der Waals surface area contributed by atoms with Gasteiger partial charge in [-0.15, -0.1) is 0 Å². The lowest BCUT2D eigenvalue weighted by Gasteiger charge is -2.02. The zero-order valence-corrected chi connectivity index (χ0v) is 10.0. The van der Waals surface area contributed by atoms with Gasteiger partial charge in [-0.2, -0.15) is 5.10 Å². The Morgan fingerprint density at radius 1 is 1.25 bits per heavy atom. The van der Waals surface area contributed by atoms with Crippen molar-refractivity contribution in [3.05, 3.63) is 41.0 Å². The molecule has 1 N–H and O–H groups in total. The van der Waals surface area contributed by atoms with Crippen LogP contribution in [0.1, 0.15) is 5.56 Å². The average molecular weight is 257 g/mol. The van der Waals surface area contributed by atoms with E-state index < -0.39 is 9.84 Å². The Bertz CT molecular complexity index is 602. The Kier molecular flexibility index (Phi) is 2.73. The van der Waals surface area contributed by atoms with Gasteiger partial charge in [0, 0.05) is 0 Å². The molecule has 0 atom stereocenters. The Hall–Kier alpha value is -1.33. The molecule has 4 nitrogen and oxygen atoms in total. The first kappa shape index (κ1) is 11.2. The number of H-pyrrole nitrogens is 1. The number of aromatic amines is 1. The van der Waals surface area contributed by atoms with Crippen LogP contribution in [-0.4, -0.2) is 18.6 Å². The topological polar surface area (TPSA) is 62.8 Å². The molecule has 0 radical (unpaired) electrons. The molecule has 0 aliphatic carbocycles. The molecule has 0 aliphatic heterocycles. The Morgan fingerprint density at radius 2 is 1.88 bits per heavy atom. The predicted molar refractivity (Wildman–Crippen MR) is 60.2 cm³/mol. The summed E-state index contributed by atoms with van der Waals surface area (Å²) in [5, 5.41) is 6.01. The van der Waals surface area contributed by atoms with Gasteiger partial charge < -0.3 is 0 Å². The third-order valence-corrected chi connectivity index (χ3v) is 4.30. The second-order valence-corrected chi connectivity index (χ2v) is 5.66. The molecule has 16 heavy (non-hydrogen) atoms. The Morgan fingerprint density at radius 3 is 2.38 bits per heavy atom. The zero-order chi connectivity index (χ0) is 11.8. The van der Waals surface area contributed by atoms with Crippen molar-refractivity contribution in [1.82, 2.24) is 10.2 Å². The maximum absolute atomic E-state index is 12.1. The molecule has 0 fully saturated rings. The SMILES string of the molecule is Cc1ccc(S(=O)(=O)c2[nH]ncc2Cl)cc1. The monoisotopic (exact) mass is 256 g/mol. The number of nitrogens with zero attached hydrogens (tertiary/aromatic N) is 1. The fourth-order valence-corrected chi connectivity index (χ4v) is 2.89. The number of benzene rings is 1. The summed E-state index contributed by atoms with van der Waals surface area (Å²) in [7, 11) is -3.59. The summed E-state index contributed by atoms with van der Waals surface area (Å²) in [6.07, 6.45) is 1.27. The smallest absolute Gasteiger partial charge is 0.224 e. The quantitative estimate of drug-likeness (QED) is 0.896. The molecule has 0 amide bonds. The van der Waals surface area contributed by atoms with Gasteiger partial charge in [0.2, 0.25) is 9.84 Å². The molecular weight excluding hydrogens is 248 g/mol. The van der Waals surface area contributed by atoms with Gasteiger partial charge >= 0.3 is 0 Å². The fraction of sp³-hybridized carbons (Fsp3) is 0.100. The van der Waals surface area contributed by atoms with Crippen LogP contribution in [0.5, 0.6) is 0 Å². The number of aryl methyl sites for hydroxylation is 1. The van der Waals surface area contributed by atoms with Crippen molar-refractivity contribution in [3.63, 3.8) is 0 Å². The van der Waals surface area contributed by atoms with Crippen molar-refractivity contribution in [1.29, 1.82) is 0 Å². The Balaban J connectivity index is 2.56. The number of hydrogen-bond donors (Lipinski definition) is 1. The first-order chi connectivity index (χ1) is 7.51. The lowest BCUT2D eigenvalue weighted by atomic mass is 10.2. The van der Waals surface area contributed by atoms with Gasteiger partial charge in [-0.3, -0.25) is 5.10 Å². The summed E-state index contributed by atoms with van der Waals surface area (Å²) < 4.78 is 24.1. The van der Waals surface area contributed by atoms with Gasteiger partial charge in [0.05, 0.1) is 16.1 Å². The molecule has 84 valence electrons. The summed E-state index contributed by atoms with van der Waals surface area (Å²) in [4.78, 5) is 0.198. The third-order valence-electron chi connectivity index (χ3n) is 2.16. The van der Waals surface area contributed by atoms with Crippen LogP contribution >= 0.6 is 11.6 Å². The third kappa shape index (κ3) is 1.83. The van der Waals surface area contributed by atoms with E-state index in [1.54, 1.807) is 24.3 Å². The van der Waals surface area contributed by atoms with Gasteiger partial charge in [0.15, 0.2) is 5.03 Å². The molecule has 0 spiro atoms. The van der Waals surface area contributed by atoms with E-state index in [1.807, 2.05) is 6.92 Å². The van der Waals surface area contributed by atoms with Gasteiger partial charge in [-0.25, -0.2) is 8.42 Å². The normalized spacial score (nSPS) is 11.6. The number of sulfone groups is 1. The van der Waals surface area contributed by atoms with Crippen LogP contribution < -0.4 is 0 Å². The van der Waals surface area contributed by atoms with E-state index in [4.69, 9.17) is 11.6 Å². The lowest BCUT2D eigenvalue weighted by Crippen LogP contribution is -2.03. The number of nitrogens with one attached hydrogen (secondary N) is 1. The minimum atomic E-state index is -3.59. The molecule has 0 unspecified atom stereocenters. The molecular formula is C10H9ClN2O2S. The van der Waals surface area contributed by atoms with E-state index >= 15 is 0 Å².